The first kappa shape index (κ1) is 13.0. The molecule has 2 rings (SSSR count). The molecule has 18 heavy (non-hydrogen) atoms. The molecule has 1 amide bonds. The summed E-state index contributed by atoms with van der Waals surface area (Å²) in [5.41, 5.74) is 0.888. The molecule has 4 heteroatoms. The molecule has 1 atom stereocenters. The summed E-state index contributed by atoms with van der Waals surface area (Å²) in [6.07, 6.45) is -0.860. The number of halogens is 2. The fraction of sp³-hybridized carbons (Fsp3) is 0.500. The molecule has 0 aliphatic heterocycles. The van der Waals surface area contributed by atoms with E-state index in [2.05, 4.69) is 0 Å². The van der Waals surface area contributed by atoms with Crippen LogP contribution in [0.25, 0.3) is 0 Å². The van der Waals surface area contributed by atoms with Gasteiger partial charge in [0.15, 0.2) is 0 Å². The summed E-state index contributed by atoms with van der Waals surface area (Å²) in [5, 5.41) is 0. The maximum atomic E-state index is 12.6. The van der Waals surface area contributed by atoms with Crippen LogP contribution in [-0.2, 0) is 11.3 Å². The second-order valence-electron chi connectivity index (χ2n) is 4.83. The highest BCUT2D eigenvalue weighted by Crippen LogP contribution is 2.36. The topological polar surface area (TPSA) is 20.3 Å². The van der Waals surface area contributed by atoms with Crippen molar-refractivity contribution >= 4 is 5.91 Å². The van der Waals surface area contributed by atoms with Crippen LogP contribution in [0, 0.1) is 5.92 Å². The second kappa shape index (κ2) is 5.46. The quantitative estimate of drug-likeness (QED) is 0.789. The minimum atomic E-state index is -2.92. The summed E-state index contributed by atoms with van der Waals surface area (Å²) in [7, 11) is 0. The molecule has 0 spiro atoms. The van der Waals surface area contributed by atoms with E-state index in [1.807, 2.05) is 37.3 Å². The van der Waals surface area contributed by atoms with Crippen LogP contribution in [0.1, 0.15) is 25.3 Å². The number of amides is 1. The minimum Gasteiger partial charge on any atom is -0.330 e. The Morgan fingerprint density at radius 2 is 1.94 bits per heavy atom. The molecule has 1 aromatic rings. The first-order valence-electron chi connectivity index (χ1n) is 6.22. The lowest BCUT2D eigenvalue weighted by Gasteiger charge is -2.29. The Balaban J connectivity index is 2.11. The Kier molecular flexibility index (Phi) is 3.94. The predicted molar refractivity (Wildman–Crippen MR) is 65.2 cm³/mol. The van der Waals surface area contributed by atoms with Gasteiger partial charge in [0, 0.05) is 12.6 Å². The summed E-state index contributed by atoms with van der Waals surface area (Å²) in [6.45, 7) is 2.13. The molecule has 0 saturated heterocycles. The van der Waals surface area contributed by atoms with Crippen molar-refractivity contribution in [3.8, 4) is 0 Å². The molecule has 1 unspecified atom stereocenters. The van der Waals surface area contributed by atoms with Gasteiger partial charge in [0.1, 0.15) is 0 Å². The normalized spacial score (nSPS) is 16.7. The van der Waals surface area contributed by atoms with Crippen LogP contribution in [0.5, 0.6) is 0 Å². The summed E-state index contributed by atoms with van der Waals surface area (Å²) in [6, 6.07) is 9.17. The summed E-state index contributed by atoms with van der Waals surface area (Å²) in [4.78, 5) is 12.9. The monoisotopic (exact) mass is 253 g/mol. The fourth-order valence-electron chi connectivity index (χ4n) is 2.16. The fourth-order valence-corrected chi connectivity index (χ4v) is 2.16. The van der Waals surface area contributed by atoms with Gasteiger partial charge in [0.25, 0.3) is 5.91 Å². The maximum absolute atomic E-state index is 12.6. The number of carbonyl (C=O) groups excluding carboxylic acids is 1. The molecule has 98 valence electrons. The van der Waals surface area contributed by atoms with Gasteiger partial charge in [-0.3, -0.25) is 4.79 Å². The first-order chi connectivity index (χ1) is 8.59. The Hall–Kier alpha value is -1.45. The zero-order chi connectivity index (χ0) is 13.1. The standard InChI is InChI=1S/C14H17F2NO/c1-10(12-7-8-12)17(14(18)13(15)16)9-11-5-3-2-4-6-11/h2-6,10,12-13H,7-9H2,1H3. The molecule has 0 bridgehead atoms. The molecular weight excluding hydrogens is 236 g/mol. The van der Waals surface area contributed by atoms with E-state index in [4.69, 9.17) is 0 Å². The molecule has 0 N–H and O–H groups in total. The van der Waals surface area contributed by atoms with Gasteiger partial charge in [0.2, 0.25) is 0 Å². The maximum Gasteiger partial charge on any atom is 0.315 e. The molecule has 0 aromatic heterocycles. The minimum absolute atomic E-state index is 0.105. The number of rotatable bonds is 5. The summed E-state index contributed by atoms with van der Waals surface area (Å²) < 4.78 is 25.3. The van der Waals surface area contributed by atoms with Crippen molar-refractivity contribution in [2.45, 2.75) is 38.8 Å². The van der Waals surface area contributed by atoms with Gasteiger partial charge in [0.05, 0.1) is 0 Å². The Morgan fingerprint density at radius 3 is 2.44 bits per heavy atom. The van der Waals surface area contributed by atoms with Gasteiger partial charge < -0.3 is 4.90 Å². The Labute approximate surface area is 106 Å². The number of hydrogen-bond acceptors (Lipinski definition) is 1. The van der Waals surface area contributed by atoms with Crippen molar-refractivity contribution in [1.82, 2.24) is 4.90 Å². The van der Waals surface area contributed by atoms with E-state index in [0.29, 0.717) is 5.92 Å². The number of alkyl halides is 2. The van der Waals surface area contributed by atoms with Crippen LogP contribution in [0.4, 0.5) is 8.78 Å². The second-order valence-corrected chi connectivity index (χ2v) is 4.83. The third-order valence-corrected chi connectivity index (χ3v) is 3.46. The van der Waals surface area contributed by atoms with Crippen LogP contribution in [-0.4, -0.2) is 23.3 Å². The molecule has 2 nitrogen and oxygen atoms in total. The van der Waals surface area contributed by atoms with Crippen molar-refractivity contribution in [3.05, 3.63) is 35.9 Å². The number of hydrogen-bond donors (Lipinski definition) is 0. The van der Waals surface area contributed by atoms with E-state index in [1.165, 1.54) is 4.90 Å². The number of carbonyl (C=O) groups is 1. The van der Waals surface area contributed by atoms with Crippen molar-refractivity contribution in [3.63, 3.8) is 0 Å². The first-order valence-corrected chi connectivity index (χ1v) is 6.22. The number of nitrogens with zero attached hydrogens (tertiary/aromatic N) is 1. The third kappa shape index (κ3) is 3.06. The molecule has 1 aliphatic rings. The molecule has 0 radical (unpaired) electrons. The van der Waals surface area contributed by atoms with Crippen LogP contribution in [0.15, 0.2) is 30.3 Å². The molecule has 1 aliphatic carbocycles. The van der Waals surface area contributed by atoms with Crippen molar-refractivity contribution in [2.75, 3.05) is 0 Å². The lowest BCUT2D eigenvalue weighted by Crippen LogP contribution is -2.42. The Morgan fingerprint density at radius 1 is 1.33 bits per heavy atom. The van der Waals surface area contributed by atoms with E-state index in [9.17, 15) is 13.6 Å². The van der Waals surface area contributed by atoms with Crippen molar-refractivity contribution in [2.24, 2.45) is 5.92 Å². The lowest BCUT2D eigenvalue weighted by molar-refractivity contribution is -0.146. The van der Waals surface area contributed by atoms with Gasteiger partial charge in [-0.25, -0.2) is 0 Å². The van der Waals surface area contributed by atoms with Crippen LogP contribution in [0.2, 0.25) is 0 Å². The lowest BCUT2D eigenvalue weighted by atomic mass is 10.1. The molecule has 1 saturated carbocycles. The van der Waals surface area contributed by atoms with Gasteiger partial charge >= 0.3 is 6.43 Å². The predicted octanol–water partition coefficient (Wildman–Crippen LogP) is 3.08. The van der Waals surface area contributed by atoms with Gasteiger partial charge in [-0.05, 0) is 31.2 Å². The SMILES string of the molecule is CC(C1CC1)N(Cc1ccccc1)C(=O)C(F)F. The van der Waals surface area contributed by atoms with Gasteiger partial charge in [-0.15, -0.1) is 0 Å². The zero-order valence-electron chi connectivity index (χ0n) is 10.4. The van der Waals surface area contributed by atoms with E-state index in [-0.39, 0.29) is 12.6 Å². The van der Waals surface area contributed by atoms with E-state index < -0.39 is 12.3 Å². The van der Waals surface area contributed by atoms with Crippen LogP contribution < -0.4 is 0 Å². The smallest absolute Gasteiger partial charge is 0.315 e. The van der Waals surface area contributed by atoms with E-state index >= 15 is 0 Å². The number of benzene rings is 1. The Bertz CT molecular complexity index is 404. The van der Waals surface area contributed by atoms with Crippen LogP contribution in [0.3, 0.4) is 0 Å². The highest BCUT2D eigenvalue weighted by Gasteiger charge is 2.36. The average molecular weight is 253 g/mol. The molecule has 0 heterocycles. The van der Waals surface area contributed by atoms with Crippen LogP contribution >= 0.6 is 0 Å². The highest BCUT2D eigenvalue weighted by molar-refractivity contribution is 5.79. The zero-order valence-corrected chi connectivity index (χ0v) is 10.4. The molecular formula is C14H17F2NO. The van der Waals surface area contributed by atoms with Gasteiger partial charge in [-0.2, -0.15) is 8.78 Å². The largest absolute Gasteiger partial charge is 0.330 e. The highest BCUT2D eigenvalue weighted by atomic mass is 19.3. The van der Waals surface area contributed by atoms with Gasteiger partial charge in [-0.1, -0.05) is 30.3 Å². The van der Waals surface area contributed by atoms with Crippen molar-refractivity contribution < 1.29 is 13.6 Å². The van der Waals surface area contributed by atoms with E-state index in [0.717, 1.165) is 18.4 Å². The molecule has 1 fully saturated rings. The third-order valence-electron chi connectivity index (χ3n) is 3.46. The van der Waals surface area contributed by atoms with Crippen molar-refractivity contribution in [1.29, 1.82) is 0 Å². The average Bonchev–Trinajstić information content (AvgIpc) is 3.19. The summed E-state index contributed by atoms with van der Waals surface area (Å²) in [5.74, 6) is -0.672. The molecule has 1 aromatic carbocycles. The van der Waals surface area contributed by atoms with E-state index in [1.54, 1.807) is 0 Å². The summed E-state index contributed by atoms with van der Waals surface area (Å²) >= 11 is 0.